The van der Waals surface area contributed by atoms with Gasteiger partial charge in [-0.25, -0.2) is 0 Å². The maximum Gasteiger partial charge on any atom is 0.311 e. The Morgan fingerprint density at radius 1 is 1.52 bits per heavy atom. The molecule has 110 valence electrons. The fourth-order valence-corrected chi connectivity index (χ4v) is 4.26. The van der Waals surface area contributed by atoms with Crippen LogP contribution >= 0.6 is 0 Å². The number of hydrogen-bond donors (Lipinski definition) is 2. The topological polar surface area (TPSA) is 69.2 Å². The van der Waals surface area contributed by atoms with Crippen LogP contribution in [0.1, 0.15) is 31.4 Å². The summed E-state index contributed by atoms with van der Waals surface area (Å²) < 4.78 is 0. The van der Waals surface area contributed by atoms with Crippen molar-refractivity contribution >= 4 is 16.9 Å². The predicted octanol–water partition coefficient (Wildman–Crippen LogP) is 2.39. The molecule has 5 heteroatoms. The van der Waals surface area contributed by atoms with Gasteiger partial charge in [0, 0.05) is 48.1 Å². The van der Waals surface area contributed by atoms with Crippen LogP contribution in [0.4, 0.5) is 0 Å². The van der Waals surface area contributed by atoms with Crippen molar-refractivity contribution < 1.29 is 9.90 Å². The molecule has 5 nitrogen and oxygen atoms in total. The van der Waals surface area contributed by atoms with E-state index < -0.39 is 11.4 Å². The van der Waals surface area contributed by atoms with Gasteiger partial charge in [0.25, 0.3) is 0 Å². The number of nitrogens with zero attached hydrogens (tertiary/aromatic N) is 2. The summed E-state index contributed by atoms with van der Waals surface area (Å²) in [5.74, 6) is -0.603. The molecule has 3 heterocycles. The zero-order valence-corrected chi connectivity index (χ0v) is 11.9. The first-order valence-corrected chi connectivity index (χ1v) is 7.58. The van der Waals surface area contributed by atoms with Crippen LogP contribution < -0.4 is 0 Å². The van der Waals surface area contributed by atoms with Crippen LogP contribution in [0.3, 0.4) is 0 Å². The zero-order valence-electron chi connectivity index (χ0n) is 11.9. The minimum absolute atomic E-state index is 0.194. The number of carboxylic acids is 1. The average molecular weight is 285 g/mol. The Morgan fingerprint density at radius 3 is 3.24 bits per heavy atom. The van der Waals surface area contributed by atoms with Crippen LogP contribution in [0.15, 0.2) is 24.5 Å². The second kappa shape index (κ2) is 4.56. The molecule has 2 aromatic heterocycles. The van der Waals surface area contributed by atoms with E-state index in [-0.39, 0.29) is 6.04 Å². The highest BCUT2D eigenvalue weighted by Gasteiger charge is 2.55. The number of aromatic nitrogens is 2. The second-order valence-corrected chi connectivity index (χ2v) is 6.35. The molecule has 0 amide bonds. The molecule has 2 aliphatic rings. The van der Waals surface area contributed by atoms with Crippen LogP contribution in [0, 0.1) is 5.41 Å². The SMILES string of the molecule is O=C(O)[C@]12CCC[C@H]1N(Cc1cc3cnccc3[nH]1)CC2. The summed E-state index contributed by atoms with van der Waals surface area (Å²) >= 11 is 0. The van der Waals surface area contributed by atoms with Gasteiger partial charge in [0.15, 0.2) is 0 Å². The van der Waals surface area contributed by atoms with Crippen LogP contribution in [-0.2, 0) is 11.3 Å². The summed E-state index contributed by atoms with van der Waals surface area (Å²) in [5.41, 5.74) is 1.74. The second-order valence-electron chi connectivity index (χ2n) is 6.35. The number of pyridine rings is 1. The van der Waals surface area contributed by atoms with Crippen molar-refractivity contribution in [3.05, 3.63) is 30.2 Å². The number of likely N-dealkylation sites (tertiary alicyclic amines) is 1. The number of aromatic amines is 1. The molecule has 2 aromatic rings. The van der Waals surface area contributed by atoms with Crippen LogP contribution in [0.2, 0.25) is 0 Å². The van der Waals surface area contributed by atoms with Gasteiger partial charge < -0.3 is 10.1 Å². The quantitative estimate of drug-likeness (QED) is 0.908. The molecule has 1 saturated heterocycles. The number of H-pyrrole nitrogens is 1. The lowest BCUT2D eigenvalue weighted by molar-refractivity contribution is -0.149. The molecule has 0 radical (unpaired) electrons. The van der Waals surface area contributed by atoms with E-state index in [0.29, 0.717) is 0 Å². The molecule has 0 spiro atoms. The normalized spacial score (nSPS) is 29.0. The van der Waals surface area contributed by atoms with E-state index in [0.717, 1.165) is 55.4 Å². The number of rotatable bonds is 3. The summed E-state index contributed by atoms with van der Waals surface area (Å²) in [6.45, 7) is 1.68. The first-order valence-electron chi connectivity index (χ1n) is 7.58. The molecule has 2 N–H and O–H groups in total. The lowest BCUT2D eigenvalue weighted by Crippen LogP contribution is -2.40. The van der Waals surface area contributed by atoms with Gasteiger partial charge >= 0.3 is 5.97 Å². The molecular weight excluding hydrogens is 266 g/mol. The van der Waals surface area contributed by atoms with Gasteiger partial charge in [-0.3, -0.25) is 14.7 Å². The molecule has 21 heavy (non-hydrogen) atoms. The van der Waals surface area contributed by atoms with E-state index in [4.69, 9.17) is 0 Å². The van der Waals surface area contributed by atoms with Crippen molar-refractivity contribution in [1.82, 2.24) is 14.9 Å². The van der Waals surface area contributed by atoms with Crippen molar-refractivity contribution in [2.75, 3.05) is 6.54 Å². The number of carboxylic acid groups (broad SMARTS) is 1. The Balaban J connectivity index is 1.59. The Kier molecular flexibility index (Phi) is 2.79. The van der Waals surface area contributed by atoms with Crippen molar-refractivity contribution in [3.8, 4) is 0 Å². The van der Waals surface area contributed by atoms with Gasteiger partial charge in [-0.15, -0.1) is 0 Å². The standard InChI is InChI=1S/C16H19N3O2/c20-15(21)16-4-1-2-14(16)19(7-5-16)10-12-8-11-9-17-6-3-13(11)18-12/h3,6,8-9,14,18H,1-2,4-5,7,10H2,(H,20,21)/t14-,16+/m1/s1. The van der Waals surface area contributed by atoms with Gasteiger partial charge in [-0.1, -0.05) is 6.42 Å². The Bertz CT molecular complexity index is 663. The largest absolute Gasteiger partial charge is 0.481 e. The fourth-order valence-electron chi connectivity index (χ4n) is 4.26. The van der Waals surface area contributed by atoms with Crippen molar-refractivity contribution in [2.45, 2.75) is 38.3 Å². The predicted molar refractivity (Wildman–Crippen MR) is 78.8 cm³/mol. The van der Waals surface area contributed by atoms with Gasteiger partial charge in [-0.05, 0) is 31.4 Å². The molecule has 0 aromatic carbocycles. The molecule has 4 rings (SSSR count). The van der Waals surface area contributed by atoms with E-state index in [9.17, 15) is 9.90 Å². The molecule has 1 saturated carbocycles. The lowest BCUT2D eigenvalue weighted by atomic mass is 9.82. The van der Waals surface area contributed by atoms with E-state index in [2.05, 4.69) is 20.9 Å². The van der Waals surface area contributed by atoms with Crippen LogP contribution in [0.25, 0.3) is 10.9 Å². The third-order valence-electron chi connectivity index (χ3n) is 5.30. The van der Waals surface area contributed by atoms with Gasteiger partial charge in [0.2, 0.25) is 0 Å². The Hall–Kier alpha value is -1.88. The van der Waals surface area contributed by atoms with E-state index in [1.807, 2.05) is 12.3 Å². The number of fused-ring (bicyclic) bond motifs is 2. The number of carbonyl (C=O) groups is 1. The molecular formula is C16H19N3O2. The van der Waals surface area contributed by atoms with E-state index in [1.165, 1.54) is 0 Å². The maximum atomic E-state index is 11.7. The van der Waals surface area contributed by atoms with Crippen molar-refractivity contribution in [1.29, 1.82) is 0 Å². The fraction of sp³-hybridized carbons (Fsp3) is 0.500. The molecule has 2 fully saturated rings. The summed E-state index contributed by atoms with van der Waals surface area (Å²) in [4.78, 5) is 21.6. The summed E-state index contributed by atoms with van der Waals surface area (Å²) in [6.07, 6.45) is 7.30. The van der Waals surface area contributed by atoms with Gasteiger partial charge in [0.1, 0.15) is 0 Å². The summed E-state index contributed by atoms with van der Waals surface area (Å²) in [5, 5.41) is 10.7. The molecule has 1 aliphatic heterocycles. The molecule has 1 aliphatic carbocycles. The minimum atomic E-state index is -0.603. The van der Waals surface area contributed by atoms with Gasteiger partial charge in [0.05, 0.1) is 5.41 Å². The zero-order chi connectivity index (χ0) is 14.4. The van der Waals surface area contributed by atoms with Crippen molar-refractivity contribution in [3.63, 3.8) is 0 Å². The van der Waals surface area contributed by atoms with Crippen molar-refractivity contribution in [2.24, 2.45) is 5.41 Å². The summed E-state index contributed by atoms with van der Waals surface area (Å²) in [6, 6.07) is 4.29. The molecule has 2 atom stereocenters. The highest BCUT2D eigenvalue weighted by Crippen LogP contribution is 2.49. The smallest absolute Gasteiger partial charge is 0.311 e. The lowest BCUT2D eigenvalue weighted by Gasteiger charge is -2.28. The average Bonchev–Trinajstić information content (AvgIpc) is 3.13. The maximum absolute atomic E-state index is 11.7. The third kappa shape index (κ3) is 1.87. The molecule has 0 bridgehead atoms. The first-order chi connectivity index (χ1) is 10.2. The third-order valence-corrected chi connectivity index (χ3v) is 5.30. The number of nitrogens with one attached hydrogen (secondary N) is 1. The van der Waals surface area contributed by atoms with E-state index >= 15 is 0 Å². The minimum Gasteiger partial charge on any atom is -0.481 e. The first kappa shape index (κ1) is 12.8. The van der Waals surface area contributed by atoms with Gasteiger partial charge in [-0.2, -0.15) is 0 Å². The van der Waals surface area contributed by atoms with Crippen LogP contribution in [-0.4, -0.2) is 38.5 Å². The molecule has 0 unspecified atom stereocenters. The highest BCUT2D eigenvalue weighted by atomic mass is 16.4. The highest BCUT2D eigenvalue weighted by molar-refractivity contribution is 5.79. The van der Waals surface area contributed by atoms with E-state index in [1.54, 1.807) is 6.20 Å². The number of hydrogen-bond acceptors (Lipinski definition) is 3. The Morgan fingerprint density at radius 2 is 2.43 bits per heavy atom. The monoisotopic (exact) mass is 285 g/mol. The van der Waals surface area contributed by atoms with Crippen LogP contribution in [0.5, 0.6) is 0 Å². The Labute approximate surface area is 123 Å². The summed E-state index contributed by atoms with van der Waals surface area (Å²) in [7, 11) is 0. The number of aliphatic carboxylic acids is 1.